The summed E-state index contributed by atoms with van der Waals surface area (Å²) in [5.74, 6) is 1.93. The number of para-hydroxylation sites is 1. The van der Waals surface area contributed by atoms with E-state index in [4.69, 9.17) is 0 Å². The fourth-order valence-corrected chi connectivity index (χ4v) is 5.61. The van der Waals surface area contributed by atoms with E-state index in [0.29, 0.717) is 23.8 Å². The van der Waals surface area contributed by atoms with Crippen LogP contribution in [0.3, 0.4) is 0 Å². The van der Waals surface area contributed by atoms with Gasteiger partial charge in [0.15, 0.2) is 0 Å². The Morgan fingerprint density at radius 1 is 0.958 bits per heavy atom. The van der Waals surface area contributed by atoms with Crippen molar-refractivity contribution in [2.45, 2.75) is 57.9 Å². The first kappa shape index (κ1) is 15.7. The Bertz CT molecular complexity index is 745. The SMILES string of the molecule is CCCC1C(C)C2c3ccccc3NC2c2ccccc2C1(C)C. The number of nitrogens with one attached hydrogen (secondary N) is 1. The summed E-state index contributed by atoms with van der Waals surface area (Å²) in [7, 11) is 0. The van der Waals surface area contributed by atoms with Crippen molar-refractivity contribution in [1.82, 2.24) is 0 Å². The topological polar surface area (TPSA) is 12.0 Å². The Balaban J connectivity index is 1.93. The third-order valence-electron chi connectivity index (χ3n) is 6.71. The monoisotopic (exact) mass is 319 g/mol. The van der Waals surface area contributed by atoms with Crippen LogP contribution in [0.15, 0.2) is 48.5 Å². The minimum Gasteiger partial charge on any atom is -0.377 e. The second kappa shape index (κ2) is 5.65. The van der Waals surface area contributed by atoms with Crippen LogP contribution in [0.25, 0.3) is 0 Å². The molecule has 1 nitrogen and oxygen atoms in total. The number of rotatable bonds is 2. The van der Waals surface area contributed by atoms with Gasteiger partial charge in [-0.25, -0.2) is 0 Å². The maximum Gasteiger partial charge on any atom is 0.0588 e. The first-order chi connectivity index (χ1) is 11.6. The highest BCUT2D eigenvalue weighted by molar-refractivity contribution is 5.62. The quantitative estimate of drug-likeness (QED) is 0.687. The van der Waals surface area contributed by atoms with Crippen molar-refractivity contribution in [2.75, 3.05) is 5.32 Å². The number of hydrogen-bond donors (Lipinski definition) is 1. The highest BCUT2D eigenvalue weighted by Gasteiger charge is 2.48. The Labute approximate surface area is 146 Å². The molecule has 0 bridgehead atoms. The molecule has 126 valence electrons. The van der Waals surface area contributed by atoms with Gasteiger partial charge in [0.2, 0.25) is 0 Å². The molecular weight excluding hydrogens is 290 g/mol. The highest BCUT2D eigenvalue weighted by Crippen LogP contribution is 2.57. The van der Waals surface area contributed by atoms with E-state index in [1.54, 1.807) is 5.56 Å². The zero-order valence-corrected chi connectivity index (χ0v) is 15.3. The molecule has 0 fully saturated rings. The summed E-state index contributed by atoms with van der Waals surface area (Å²) in [4.78, 5) is 0. The minimum atomic E-state index is 0.215. The standard InChI is InChI=1S/C23H29N/c1-5-10-18-15(2)21-17-12-7-9-14-20(17)24-22(21)16-11-6-8-13-19(16)23(18,3)4/h6-9,11-15,18,21-22,24H,5,10H2,1-4H3. The van der Waals surface area contributed by atoms with Crippen LogP contribution in [0.5, 0.6) is 0 Å². The zero-order chi connectivity index (χ0) is 16.9. The number of fused-ring (bicyclic) bond motifs is 5. The summed E-state index contributed by atoms with van der Waals surface area (Å²) in [5, 5.41) is 3.86. The average Bonchev–Trinajstić information content (AvgIpc) is 2.95. The van der Waals surface area contributed by atoms with Crippen LogP contribution in [0.4, 0.5) is 5.69 Å². The van der Waals surface area contributed by atoms with Gasteiger partial charge < -0.3 is 5.32 Å². The summed E-state index contributed by atoms with van der Waals surface area (Å²) in [5.41, 5.74) is 6.12. The summed E-state index contributed by atoms with van der Waals surface area (Å²) < 4.78 is 0. The van der Waals surface area contributed by atoms with Crippen LogP contribution < -0.4 is 5.32 Å². The van der Waals surface area contributed by atoms with Crippen molar-refractivity contribution in [3.05, 3.63) is 65.2 Å². The first-order valence-corrected chi connectivity index (χ1v) is 9.50. The van der Waals surface area contributed by atoms with E-state index in [9.17, 15) is 0 Å². The van der Waals surface area contributed by atoms with Crippen LogP contribution >= 0.6 is 0 Å². The lowest BCUT2D eigenvalue weighted by Crippen LogP contribution is -2.34. The van der Waals surface area contributed by atoms with E-state index in [2.05, 4.69) is 81.5 Å². The summed E-state index contributed by atoms with van der Waals surface area (Å²) in [6, 6.07) is 18.5. The molecule has 0 saturated carbocycles. The molecule has 1 N–H and O–H groups in total. The van der Waals surface area contributed by atoms with Crippen LogP contribution in [0, 0.1) is 11.8 Å². The van der Waals surface area contributed by atoms with E-state index in [1.165, 1.54) is 29.7 Å². The molecule has 0 aromatic heterocycles. The van der Waals surface area contributed by atoms with E-state index in [1.807, 2.05) is 0 Å². The third kappa shape index (κ3) is 2.13. The van der Waals surface area contributed by atoms with Crippen molar-refractivity contribution in [1.29, 1.82) is 0 Å². The maximum atomic E-state index is 3.86. The molecule has 1 aliphatic carbocycles. The molecule has 4 rings (SSSR count). The van der Waals surface area contributed by atoms with Crippen molar-refractivity contribution >= 4 is 5.69 Å². The molecule has 1 aliphatic heterocycles. The van der Waals surface area contributed by atoms with Gasteiger partial charge >= 0.3 is 0 Å². The highest BCUT2D eigenvalue weighted by atomic mass is 15.0. The molecule has 2 aromatic carbocycles. The van der Waals surface area contributed by atoms with E-state index in [-0.39, 0.29) is 5.41 Å². The van der Waals surface area contributed by atoms with Crippen LogP contribution in [-0.4, -0.2) is 0 Å². The maximum absolute atomic E-state index is 3.86. The molecule has 4 unspecified atom stereocenters. The Morgan fingerprint density at radius 3 is 2.38 bits per heavy atom. The van der Waals surface area contributed by atoms with Gasteiger partial charge in [0.25, 0.3) is 0 Å². The van der Waals surface area contributed by atoms with E-state index < -0.39 is 0 Å². The molecule has 0 radical (unpaired) electrons. The van der Waals surface area contributed by atoms with Gasteiger partial charge in [-0.1, -0.05) is 76.6 Å². The number of hydrogen-bond acceptors (Lipinski definition) is 1. The number of benzene rings is 2. The van der Waals surface area contributed by atoms with Crippen LogP contribution in [-0.2, 0) is 5.41 Å². The molecule has 2 aromatic rings. The zero-order valence-electron chi connectivity index (χ0n) is 15.3. The predicted octanol–water partition coefficient (Wildman–Crippen LogP) is 6.28. The largest absolute Gasteiger partial charge is 0.377 e. The second-order valence-electron chi connectivity index (χ2n) is 8.30. The fourth-order valence-electron chi connectivity index (χ4n) is 5.61. The Hall–Kier alpha value is -1.76. The lowest BCUT2D eigenvalue weighted by atomic mass is 9.65. The molecule has 0 saturated heterocycles. The van der Waals surface area contributed by atoms with Gasteiger partial charge in [-0.05, 0) is 46.4 Å². The van der Waals surface area contributed by atoms with Crippen molar-refractivity contribution in [3.8, 4) is 0 Å². The van der Waals surface area contributed by atoms with Gasteiger partial charge in [-0.15, -0.1) is 0 Å². The van der Waals surface area contributed by atoms with Crippen molar-refractivity contribution < 1.29 is 0 Å². The van der Waals surface area contributed by atoms with Gasteiger partial charge in [0.1, 0.15) is 0 Å². The fraction of sp³-hybridized carbons (Fsp3) is 0.478. The normalized spacial score (nSPS) is 29.8. The third-order valence-corrected chi connectivity index (χ3v) is 6.71. The summed E-state index contributed by atoms with van der Waals surface area (Å²) in [6.07, 6.45) is 2.56. The Morgan fingerprint density at radius 2 is 1.62 bits per heavy atom. The average molecular weight is 319 g/mol. The van der Waals surface area contributed by atoms with E-state index in [0.717, 1.165) is 0 Å². The molecule has 2 aliphatic rings. The minimum absolute atomic E-state index is 0.215. The lowest BCUT2D eigenvalue weighted by molar-refractivity contribution is 0.190. The van der Waals surface area contributed by atoms with Crippen LogP contribution in [0.1, 0.15) is 69.2 Å². The first-order valence-electron chi connectivity index (χ1n) is 9.50. The molecule has 0 spiro atoms. The Kier molecular flexibility index (Phi) is 3.71. The van der Waals surface area contributed by atoms with Gasteiger partial charge in [0.05, 0.1) is 6.04 Å². The van der Waals surface area contributed by atoms with Crippen LogP contribution in [0.2, 0.25) is 0 Å². The predicted molar refractivity (Wildman–Crippen MR) is 103 cm³/mol. The summed E-state index contributed by atoms with van der Waals surface area (Å²) >= 11 is 0. The molecule has 24 heavy (non-hydrogen) atoms. The molecular formula is C23H29N. The number of anilines is 1. The van der Waals surface area contributed by atoms with Crippen molar-refractivity contribution in [3.63, 3.8) is 0 Å². The van der Waals surface area contributed by atoms with Crippen molar-refractivity contribution in [2.24, 2.45) is 11.8 Å². The van der Waals surface area contributed by atoms with Gasteiger partial charge in [-0.2, -0.15) is 0 Å². The van der Waals surface area contributed by atoms with E-state index >= 15 is 0 Å². The molecule has 1 heteroatoms. The molecule has 1 heterocycles. The van der Waals surface area contributed by atoms with Gasteiger partial charge in [0, 0.05) is 11.6 Å². The molecule has 0 amide bonds. The second-order valence-corrected chi connectivity index (χ2v) is 8.30. The van der Waals surface area contributed by atoms with Gasteiger partial charge in [-0.3, -0.25) is 0 Å². The molecule has 4 atom stereocenters. The summed E-state index contributed by atoms with van der Waals surface area (Å²) in [6.45, 7) is 9.76. The smallest absolute Gasteiger partial charge is 0.0588 e. The lowest BCUT2D eigenvalue weighted by Gasteiger charge is -2.39.